The summed E-state index contributed by atoms with van der Waals surface area (Å²) >= 11 is 0. The maximum Gasteiger partial charge on any atom is 0.0284 e. The maximum atomic E-state index is 5.88. The molecule has 102 valence electrons. The van der Waals surface area contributed by atoms with Crippen molar-refractivity contribution in [3.05, 3.63) is 35.4 Å². The van der Waals surface area contributed by atoms with E-state index in [4.69, 9.17) is 5.84 Å². The lowest BCUT2D eigenvalue weighted by atomic mass is 9.92. The zero-order valence-corrected chi connectivity index (χ0v) is 11.7. The minimum atomic E-state index is 0.486. The predicted molar refractivity (Wildman–Crippen MR) is 77.3 cm³/mol. The summed E-state index contributed by atoms with van der Waals surface area (Å²) in [6.45, 7) is 2.21. The summed E-state index contributed by atoms with van der Waals surface area (Å²) in [4.78, 5) is 0. The van der Waals surface area contributed by atoms with Gasteiger partial charge in [0.2, 0.25) is 0 Å². The molecule has 0 heterocycles. The molecule has 19 heavy (non-hydrogen) atoms. The summed E-state index contributed by atoms with van der Waals surface area (Å²) in [5.41, 5.74) is 6.00. The van der Waals surface area contributed by atoms with E-state index in [9.17, 15) is 0 Å². The monoisotopic (exact) mass is 256 g/mol. The van der Waals surface area contributed by atoms with Gasteiger partial charge in [-0.25, -0.2) is 0 Å². The summed E-state index contributed by atoms with van der Waals surface area (Å²) < 4.78 is 0. The summed E-state index contributed by atoms with van der Waals surface area (Å²) in [7, 11) is 0. The van der Waals surface area contributed by atoms with Gasteiger partial charge >= 0.3 is 0 Å². The molecule has 0 radical (unpaired) electrons. The van der Waals surface area contributed by atoms with Crippen molar-refractivity contribution in [2.45, 2.75) is 38.6 Å². The van der Waals surface area contributed by atoms with Gasteiger partial charge in [-0.1, -0.05) is 24.3 Å². The normalized spacial score (nSPS) is 40.2. The van der Waals surface area contributed by atoms with Gasteiger partial charge in [-0.3, -0.25) is 11.3 Å². The van der Waals surface area contributed by atoms with Gasteiger partial charge in [0.25, 0.3) is 0 Å². The van der Waals surface area contributed by atoms with E-state index in [-0.39, 0.29) is 0 Å². The maximum absolute atomic E-state index is 5.88. The molecule has 0 saturated heterocycles. The molecule has 2 heteroatoms. The van der Waals surface area contributed by atoms with E-state index in [1.165, 1.54) is 30.4 Å². The van der Waals surface area contributed by atoms with Crippen molar-refractivity contribution in [3.8, 4) is 0 Å². The Balaban J connectivity index is 1.50. The van der Waals surface area contributed by atoms with Crippen molar-refractivity contribution in [1.82, 2.24) is 5.43 Å². The van der Waals surface area contributed by atoms with Gasteiger partial charge in [0.05, 0.1) is 0 Å². The lowest BCUT2D eigenvalue weighted by Crippen LogP contribution is -2.40. The van der Waals surface area contributed by atoms with Gasteiger partial charge < -0.3 is 0 Å². The van der Waals surface area contributed by atoms with Crippen LogP contribution >= 0.6 is 0 Å². The number of nitrogens with one attached hydrogen (secondary N) is 1. The van der Waals surface area contributed by atoms with Crippen LogP contribution in [-0.2, 0) is 6.42 Å². The number of fused-ring (bicyclic) bond motifs is 5. The Morgan fingerprint density at radius 2 is 1.89 bits per heavy atom. The highest BCUT2D eigenvalue weighted by Gasteiger charge is 2.66. The fourth-order valence-corrected chi connectivity index (χ4v) is 5.31. The minimum Gasteiger partial charge on any atom is -0.271 e. The molecule has 5 unspecified atom stereocenters. The van der Waals surface area contributed by atoms with Crippen LogP contribution in [0, 0.1) is 36.5 Å². The van der Waals surface area contributed by atoms with Gasteiger partial charge in [0.15, 0.2) is 0 Å². The van der Waals surface area contributed by atoms with Crippen LogP contribution in [0.5, 0.6) is 0 Å². The molecule has 5 atom stereocenters. The first kappa shape index (κ1) is 11.9. The van der Waals surface area contributed by atoms with Crippen LogP contribution in [0.1, 0.15) is 30.4 Å². The average Bonchev–Trinajstić information content (AvgIpc) is 2.85. The van der Waals surface area contributed by atoms with Gasteiger partial charge in [-0.15, -0.1) is 0 Å². The van der Waals surface area contributed by atoms with Gasteiger partial charge in [-0.2, -0.15) is 0 Å². The van der Waals surface area contributed by atoms with Crippen molar-refractivity contribution in [3.63, 3.8) is 0 Å². The zero-order valence-electron chi connectivity index (χ0n) is 11.7. The van der Waals surface area contributed by atoms with E-state index in [0.717, 1.165) is 36.0 Å². The third-order valence-corrected chi connectivity index (χ3v) is 6.17. The van der Waals surface area contributed by atoms with E-state index in [0.29, 0.717) is 6.04 Å². The fraction of sp³-hybridized carbons (Fsp3) is 0.647. The standard InChI is InChI=1S/C17H24N2/c1-10-4-2-3-5-11(10)9-14(19-18)17-15-12-6-7-13(8-12)16(15)17/h2-5,12-17,19H,6-9,18H2,1H3. The molecule has 3 aliphatic carbocycles. The number of hydrogen-bond acceptors (Lipinski definition) is 2. The van der Waals surface area contributed by atoms with Crippen LogP contribution in [0.3, 0.4) is 0 Å². The Hall–Kier alpha value is -0.860. The topological polar surface area (TPSA) is 38.0 Å². The first-order valence-electron chi connectivity index (χ1n) is 7.80. The molecule has 0 aromatic heterocycles. The molecule has 0 aliphatic heterocycles. The molecule has 0 spiro atoms. The predicted octanol–water partition coefficient (Wildman–Crippen LogP) is 2.66. The van der Waals surface area contributed by atoms with Crippen LogP contribution in [0.15, 0.2) is 24.3 Å². The van der Waals surface area contributed by atoms with Crippen molar-refractivity contribution in [2.24, 2.45) is 35.4 Å². The Bertz CT molecular complexity index is 468. The molecule has 3 aliphatic rings. The lowest BCUT2D eigenvalue weighted by Gasteiger charge is -2.20. The van der Waals surface area contributed by atoms with Crippen molar-refractivity contribution >= 4 is 0 Å². The van der Waals surface area contributed by atoms with Crippen LogP contribution in [-0.4, -0.2) is 6.04 Å². The van der Waals surface area contributed by atoms with Gasteiger partial charge in [0.1, 0.15) is 0 Å². The fourth-order valence-electron chi connectivity index (χ4n) is 5.31. The second-order valence-electron chi connectivity index (χ2n) is 6.97. The van der Waals surface area contributed by atoms with Gasteiger partial charge in [-0.05, 0) is 73.3 Å². The van der Waals surface area contributed by atoms with Crippen molar-refractivity contribution in [2.75, 3.05) is 0 Å². The van der Waals surface area contributed by atoms with E-state index in [1.807, 2.05) is 0 Å². The molecule has 3 fully saturated rings. The Morgan fingerprint density at radius 1 is 1.21 bits per heavy atom. The number of hydrogen-bond donors (Lipinski definition) is 2. The number of benzene rings is 1. The first-order valence-corrected chi connectivity index (χ1v) is 7.80. The summed E-state index contributed by atoms with van der Waals surface area (Å²) in [6, 6.07) is 9.22. The second-order valence-corrected chi connectivity index (χ2v) is 6.97. The van der Waals surface area contributed by atoms with E-state index >= 15 is 0 Å². The molecular weight excluding hydrogens is 232 g/mol. The zero-order chi connectivity index (χ0) is 13.0. The SMILES string of the molecule is Cc1ccccc1CC(NN)C1C2C3CCC(C3)C21. The average molecular weight is 256 g/mol. The molecular formula is C17H24N2. The minimum absolute atomic E-state index is 0.486. The highest BCUT2D eigenvalue weighted by Crippen LogP contribution is 2.70. The number of hydrazine groups is 1. The summed E-state index contributed by atoms with van der Waals surface area (Å²) in [5.74, 6) is 10.8. The molecule has 3 saturated carbocycles. The van der Waals surface area contributed by atoms with Crippen LogP contribution in [0.4, 0.5) is 0 Å². The highest BCUT2D eigenvalue weighted by molar-refractivity contribution is 5.28. The molecule has 4 rings (SSSR count). The summed E-state index contributed by atoms with van der Waals surface area (Å²) in [6.07, 6.45) is 5.60. The Labute approximate surface area is 115 Å². The third kappa shape index (κ3) is 1.77. The molecule has 1 aromatic rings. The van der Waals surface area contributed by atoms with Crippen molar-refractivity contribution in [1.29, 1.82) is 0 Å². The molecule has 2 bridgehead atoms. The third-order valence-electron chi connectivity index (χ3n) is 6.17. The molecule has 0 amide bonds. The van der Waals surface area contributed by atoms with E-state index in [1.54, 1.807) is 0 Å². The molecule has 2 nitrogen and oxygen atoms in total. The van der Waals surface area contributed by atoms with Crippen LogP contribution < -0.4 is 11.3 Å². The lowest BCUT2D eigenvalue weighted by molar-refractivity contribution is 0.364. The Morgan fingerprint density at radius 3 is 2.53 bits per heavy atom. The largest absolute Gasteiger partial charge is 0.271 e. The Kier molecular flexibility index (Phi) is 2.71. The van der Waals surface area contributed by atoms with Gasteiger partial charge in [0, 0.05) is 6.04 Å². The second kappa shape index (κ2) is 4.32. The first-order chi connectivity index (χ1) is 9.29. The number of nitrogens with two attached hydrogens (primary N) is 1. The number of aryl methyl sites for hydroxylation is 1. The molecule has 1 aromatic carbocycles. The van der Waals surface area contributed by atoms with Crippen LogP contribution in [0.2, 0.25) is 0 Å². The van der Waals surface area contributed by atoms with E-state index < -0.39 is 0 Å². The smallest absolute Gasteiger partial charge is 0.0284 e. The molecule has 3 N–H and O–H groups in total. The van der Waals surface area contributed by atoms with Crippen molar-refractivity contribution < 1.29 is 0 Å². The quantitative estimate of drug-likeness (QED) is 0.642. The van der Waals surface area contributed by atoms with Crippen LogP contribution in [0.25, 0.3) is 0 Å². The highest BCUT2D eigenvalue weighted by atomic mass is 15.2. The summed E-state index contributed by atoms with van der Waals surface area (Å²) in [5, 5.41) is 0. The van der Waals surface area contributed by atoms with E-state index in [2.05, 4.69) is 36.6 Å². The number of rotatable bonds is 4.